The lowest BCUT2D eigenvalue weighted by atomic mass is 10.2. The van der Waals surface area contributed by atoms with Gasteiger partial charge in [0, 0.05) is 0 Å². The number of nitrogens with zero attached hydrogens (tertiary/aromatic N) is 2. The van der Waals surface area contributed by atoms with E-state index in [-0.39, 0.29) is 11.0 Å². The molecule has 1 rings (SSSR count). The van der Waals surface area contributed by atoms with Crippen molar-refractivity contribution >= 4 is 11.6 Å². The van der Waals surface area contributed by atoms with Gasteiger partial charge in [0.15, 0.2) is 6.61 Å². The number of alkyl halides is 3. The van der Waals surface area contributed by atoms with E-state index in [0.717, 1.165) is 12.7 Å². The Balaban J connectivity index is 2.82. The molecular weight excluding hydrogens is 245 g/mol. The zero-order chi connectivity index (χ0) is 12.2. The van der Waals surface area contributed by atoms with E-state index in [0.29, 0.717) is 12.0 Å². The van der Waals surface area contributed by atoms with Crippen molar-refractivity contribution in [2.45, 2.75) is 25.9 Å². The van der Waals surface area contributed by atoms with Crippen molar-refractivity contribution in [2.24, 2.45) is 0 Å². The van der Waals surface area contributed by atoms with E-state index in [1.54, 1.807) is 0 Å². The minimum Gasteiger partial charge on any atom is -0.468 e. The predicted octanol–water partition coefficient (Wildman–Crippen LogP) is 3.02. The molecule has 1 heterocycles. The highest BCUT2D eigenvalue weighted by Gasteiger charge is 2.29. The molecule has 0 radical (unpaired) electrons. The SMILES string of the molecule is CCCc1c(Cl)ncnc1OCC(F)(F)F. The second-order valence-corrected chi connectivity index (χ2v) is 3.46. The molecule has 0 N–H and O–H groups in total. The van der Waals surface area contributed by atoms with Crippen LogP contribution >= 0.6 is 11.6 Å². The Hall–Kier alpha value is -1.04. The fraction of sp³-hybridized carbons (Fsp3) is 0.556. The van der Waals surface area contributed by atoms with Crippen molar-refractivity contribution in [2.75, 3.05) is 6.61 Å². The highest BCUT2D eigenvalue weighted by atomic mass is 35.5. The molecule has 0 saturated heterocycles. The Bertz CT molecular complexity index is 357. The van der Waals surface area contributed by atoms with Crippen LogP contribution in [0.2, 0.25) is 5.15 Å². The first kappa shape index (κ1) is 13.0. The number of aromatic nitrogens is 2. The molecule has 0 amide bonds. The third-order valence-corrected chi connectivity index (χ3v) is 2.05. The van der Waals surface area contributed by atoms with Crippen molar-refractivity contribution in [3.05, 3.63) is 17.0 Å². The van der Waals surface area contributed by atoms with Crippen LogP contribution in [0.4, 0.5) is 13.2 Å². The Labute approximate surface area is 95.6 Å². The maximum absolute atomic E-state index is 12.0. The van der Waals surface area contributed by atoms with E-state index in [9.17, 15) is 13.2 Å². The highest BCUT2D eigenvalue weighted by Crippen LogP contribution is 2.25. The van der Waals surface area contributed by atoms with E-state index in [1.807, 2.05) is 6.92 Å². The van der Waals surface area contributed by atoms with Gasteiger partial charge in [0.05, 0.1) is 5.56 Å². The normalized spacial score (nSPS) is 11.6. The van der Waals surface area contributed by atoms with Crippen LogP contribution in [-0.2, 0) is 6.42 Å². The molecule has 0 atom stereocenters. The van der Waals surface area contributed by atoms with Crippen LogP contribution in [0.3, 0.4) is 0 Å². The fourth-order valence-electron chi connectivity index (χ4n) is 1.11. The Morgan fingerprint density at radius 2 is 2.06 bits per heavy atom. The quantitative estimate of drug-likeness (QED) is 0.775. The molecule has 0 bridgehead atoms. The van der Waals surface area contributed by atoms with Gasteiger partial charge >= 0.3 is 6.18 Å². The van der Waals surface area contributed by atoms with Crippen molar-refractivity contribution < 1.29 is 17.9 Å². The monoisotopic (exact) mass is 254 g/mol. The van der Waals surface area contributed by atoms with Crippen LogP contribution in [0.5, 0.6) is 5.88 Å². The first-order valence-electron chi connectivity index (χ1n) is 4.63. The zero-order valence-corrected chi connectivity index (χ0v) is 9.27. The summed E-state index contributed by atoms with van der Waals surface area (Å²) < 4.78 is 40.4. The molecule has 0 spiro atoms. The smallest absolute Gasteiger partial charge is 0.422 e. The van der Waals surface area contributed by atoms with Crippen LogP contribution in [0.25, 0.3) is 0 Å². The summed E-state index contributed by atoms with van der Waals surface area (Å²) in [5.41, 5.74) is 0.413. The van der Waals surface area contributed by atoms with Crippen molar-refractivity contribution in [3.63, 3.8) is 0 Å². The molecule has 0 unspecified atom stereocenters. The van der Waals surface area contributed by atoms with Gasteiger partial charge in [0.25, 0.3) is 0 Å². The largest absolute Gasteiger partial charge is 0.468 e. The van der Waals surface area contributed by atoms with Crippen LogP contribution in [0.1, 0.15) is 18.9 Å². The average Bonchev–Trinajstić information content (AvgIpc) is 2.18. The van der Waals surface area contributed by atoms with Crippen LogP contribution in [0, 0.1) is 0 Å². The molecule has 0 aliphatic heterocycles. The Morgan fingerprint density at radius 3 is 2.62 bits per heavy atom. The van der Waals surface area contributed by atoms with Gasteiger partial charge in [-0.05, 0) is 6.42 Å². The van der Waals surface area contributed by atoms with E-state index in [2.05, 4.69) is 14.7 Å². The molecule has 0 fully saturated rings. The summed E-state index contributed by atoms with van der Waals surface area (Å²) in [6.45, 7) is 0.494. The second-order valence-electron chi connectivity index (χ2n) is 3.10. The summed E-state index contributed by atoms with van der Waals surface area (Å²) in [6, 6.07) is 0. The minimum atomic E-state index is -4.39. The third kappa shape index (κ3) is 3.84. The van der Waals surface area contributed by atoms with Gasteiger partial charge in [-0.2, -0.15) is 13.2 Å². The summed E-state index contributed by atoms with van der Waals surface area (Å²) in [7, 11) is 0. The highest BCUT2D eigenvalue weighted by molar-refractivity contribution is 6.30. The van der Waals surface area contributed by atoms with E-state index >= 15 is 0 Å². The summed E-state index contributed by atoms with van der Waals surface area (Å²) in [5.74, 6) is -0.0980. The lowest BCUT2D eigenvalue weighted by Gasteiger charge is -2.11. The molecule has 1 aromatic rings. The lowest BCUT2D eigenvalue weighted by Crippen LogP contribution is -2.20. The second kappa shape index (κ2) is 5.34. The van der Waals surface area contributed by atoms with Crippen molar-refractivity contribution in [3.8, 4) is 5.88 Å². The fourth-order valence-corrected chi connectivity index (χ4v) is 1.33. The first-order valence-corrected chi connectivity index (χ1v) is 5.00. The maximum atomic E-state index is 12.0. The molecule has 0 aromatic carbocycles. The predicted molar refractivity (Wildman–Crippen MR) is 52.6 cm³/mol. The van der Waals surface area contributed by atoms with Gasteiger partial charge in [-0.25, -0.2) is 9.97 Å². The van der Waals surface area contributed by atoms with Gasteiger partial charge in [-0.3, -0.25) is 0 Å². The molecule has 16 heavy (non-hydrogen) atoms. The van der Waals surface area contributed by atoms with Gasteiger partial charge < -0.3 is 4.74 Å². The van der Waals surface area contributed by atoms with Gasteiger partial charge in [0.2, 0.25) is 5.88 Å². The summed E-state index contributed by atoms with van der Waals surface area (Å²) in [6.07, 6.45) is -2.11. The summed E-state index contributed by atoms with van der Waals surface area (Å²) in [5, 5.41) is 0.133. The zero-order valence-electron chi connectivity index (χ0n) is 8.51. The number of hydrogen-bond acceptors (Lipinski definition) is 3. The van der Waals surface area contributed by atoms with Crippen LogP contribution in [-0.4, -0.2) is 22.8 Å². The molecule has 3 nitrogen and oxygen atoms in total. The summed E-state index contributed by atoms with van der Waals surface area (Å²) >= 11 is 5.75. The van der Waals surface area contributed by atoms with E-state index < -0.39 is 12.8 Å². The van der Waals surface area contributed by atoms with E-state index in [1.165, 1.54) is 0 Å². The molecule has 0 saturated carbocycles. The average molecular weight is 255 g/mol. The molecule has 0 aliphatic carbocycles. The third-order valence-electron chi connectivity index (χ3n) is 1.73. The van der Waals surface area contributed by atoms with Gasteiger partial charge in [0.1, 0.15) is 11.5 Å². The van der Waals surface area contributed by atoms with Crippen molar-refractivity contribution in [1.29, 1.82) is 0 Å². The maximum Gasteiger partial charge on any atom is 0.422 e. The molecule has 0 aliphatic rings. The van der Waals surface area contributed by atoms with Crippen LogP contribution < -0.4 is 4.74 Å². The van der Waals surface area contributed by atoms with Crippen LogP contribution in [0.15, 0.2) is 6.33 Å². The first-order chi connectivity index (χ1) is 7.44. The van der Waals surface area contributed by atoms with Gasteiger partial charge in [-0.1, -0.05) is 24.9 Å². The number of halogens is 4. The molecule has 90 valence electrons. The topological polar surface area (TPSA) is 35.0 Å². The Morgan fingerprint density at radius 1 is 1.38 bits per heavy atom. The molecule has 1 aromatic heterocycles. The number of hydrogen-bond donors (Lipinski definition) is 0. The van der Waals surface area contributed by atoms with E-state index in [4.69, 9.17) is 11.6 Å². The lowest BCUT2D eigenvalue weighted by molar-refractivity contribution is -0.154. The van der Waals surface area contributed by atoms with Crippen molar-refractivity contribution in [1.82, 2.24) is 9.97 Å². The van der Waals surface area contributed by atoms with Gasteiger partial charge in [-0.15, -0.1) is 0 Å². The molecular formula is C9H10ClF3N2O. The number of ether oxygens (including phenoxy) is 1. The standard InChI is InChI=1S/C9H10ClF3N2O/c1-2-3-6-7(10)14-5-15-8(6)16-4-9(11,12)13/h5H,2-4H2,1H3. The summed E-state index contributed by atoms with van der Waals surface area (Å²) in [4.78, 5) is 7.34. The number of rotatable bonds is 4. The molecule has 7 heteroatoms. The minimum absolute atomic E-state index is 0.0980. The Kier molecular flexibility index (Phi) is 4.35.